The van der Waals surface area contributed by atoms with E-state index in [0.717, 1.165) is 16.9 Å². The van der Waals surface area contributed by atoms with Crippen LogP contribution in [0.3, 0.4) is 0 Å². The maximum atomic E-state index is 4.84. The molecule has 7 aromatic carbocycles. The third-order valence-corrected chi connectivity index (χ3v) is 8.80. The van der Waals surface area contributed by atoms with Crippen LogP contribution in [-0.2, 0) is 0 Å². The van der Waals surface area contributed by atoms with Crippen molar-refractivity contribution in [1.29, 1.82) is 0 Å². The van der Waals surface area contributed by atoms with Crippen molar-refractivity contribution in [3.63, 3.8) is 0 Å². The van der Waals surface area contributed by atoms with E-state index in [1.54, 1.807) is 0 Å². The van der Waals surface area contributed by atoms with E-state index in [-0.39, 0.29) is 0 Å². The van der Waals surface area contributed by atoms with Crippen LogP contribution in [0.25, 0.3) is 82.6 Å². The molecular weight excluding hydrogens is 520 g/mol. The molecule has 2 heterocycles. The predicted molar refractivity (Wildman–Crippen MR) is 181 cm³/mol. The van der Waals surface area contributed by atoms with Crippen molar-refractivity contribution in [3.8, 4) is 44.6 Å². The summed E-state index contributed by atoms with van der Waals surface area (Å²) in [7, 11) is 0. The molecule has 0 aliphatic heterocycles. The van der Waals surface area contributed by atoms with Gasteiger partial charge in [0.2, 0.25) is 0 Å². The standard InChI is InChI=1S/C41H26N2/c1-2-7-27(8-3-1)28-12-14-29(15-13-28)36-25-37(35-23-21-33-10-6-9-32-20-22-34(36)41(35)40(32)33)30-16-18-31(19-17-30)38-26-43-24-5-4-11-39(43)42-38/h1-26H. The maximum Gasteiger partial charge on any atom is 0.137 e. The van der Waals surface area contributed by atoms with Gasteiger partial charge in [-0.1, -0.05) is 127 Å². The Kier molecular flexibility index (Phi) is 5.23. The van der Waals surface area contributed by atoms with Gasteiger partial charge in [0.25, 0.3) is 0 Å². The molecule has 9 aromatic rings. The smallest absolute Gasteiger partial charge is 0.137 e. The number of fused-ring (bicyclic) bond motifs is 1. The van der Waals surface area contributed by atoms with E-state index in [1.807, 2.05) is 24.4 Å². The van der Waals surface area contributed by atoms with Gasteiger partial charge in [0.1, 0.15) is 5.65 Å². The first-order valence-electron chi connectivity index (χ1n) is 14.7. The molecule has 0 saturated carbocycles. The molecule has 2 aromatic heterocycles. The molecule has 0 radical (unpaired) electrons. The lowest BCUT2D eigenvalue weighted by atomic mass is 9.85. The Morgan fingerprint density at radius 3 is 1.65 bits per heavy atom. The molecule has 0 N–H and O–H groups in total. The van der Waals surface area contributed by atoms with Crippen LogP contribution in [0.4, 0.5) is 0 Å². The second-order valence-corrected chi connectivity index (χ2v) is 11.3. The van der Waals surface area contributed by atoms with Crippen LogP contribution in [0.15, 0.2) is 158 Å². The molecule has 2 heteroatoms. The average Bonchev–Trinajstić information content (AvgIpc) is 3.52. The Bertz CT molecular complexity index is 2370. The Morgan fingerprint density at radius 1 is 0.419 bits per heavy atom. The van der Waals surface area contributed by atoms with Crippen LogP contribution >= 0.6 is 0 Å². The molecule has 0 unspecified atom stereocenters. The summed E-state index contributed by atoms with van der Waals surface area (Å²) in [5.41, 5.74) is 10.4. The molecule has 0 saturated heterocycles. The zero-order valence-electron chi connectivity index (χ0n) is 23.4. The lowest BCUT2D eigenvalue weighted by Crippen LogP contribution is -1.91. The number of nitrogens with zero attached hydrogens (tertiary/aromatic N) is 2. The van der Waals surface area contributed by atoms with Gasteiger partial charge in [-0.05, 0) is 83.9 Å². The minimum atomic E-state index is 0.955. The highest BCUT2D eigenvalue weighted by Crippen LogP contribution is 2.44. The summed E-state index contributed by atoms with van der Waals surface area (Å²) >= 11 is 0. The van der Waals surface area contributed by atoms with Crippen LogP contribution in [0.5, 0.6) is 0 Å². The molecule has 0 atom stereocenters. The topological polar surface area (TPSA) is 17.3 Å². The van der Waals surface area contributed by atoms with Gasteiger partial charge in [0.15, 0.2) is 0 Å². The number of imidazole rings is 1. The molecule has 0 bridgehead atoms. The largest absolute Gasteiger partial charge is 0.306 e. The average molecular weight is 547 g/mol. The van der Waals surface area contributed by atoms with Crippen LogP contribution in [0.2, 0.25) is 0 Å². The van der Waals surface area contributed by atoms with E-state index in [1.165, 1.54) is 65.7 Å². The lowest BCUT2D eigenvalue weighted by molar-refractivity contribution is 1.19. The number of aromatic nitrogens is 2. The van der Waals surface area contributed by atoms with Gasteiger partial charge in [-0.3, -0.25) is 0 Å². The fraction of sp³-hybridized carbons (Fsp3) is 0. The third kappa shape index (κ3) is 3.84. The van der Waals surface area contributed by atoms with Crippen LogP contribution in [0, 0.1) is 0 Å². The number of hydrogen-bond acceptors (Lipinski definition) is 1. The first-order valence-corrected chi connectivity index (χ1v) is 14.7. The highest BCUT2D eigenvalue weighted by atomic mass is 15.0. The number of pyridine rings is 1. The highest BCUT2D eigenvalue weighted by molar-refractivity contribution is 6.28. The van der Waals surface area contributed by atoms with Crippen molar-refractivity contribution >= 4 is 38.0 Å². The Labute approximate surface area is 249 Å². The van der Waals surface area contributed by atoms with E-state index in [2.05, 4.69) is 138 Å². The van der Waals surface area contributed by atoms with Crippen molar-refractivity contribution in [2.24, 2.45) is 0 Å². The van der Waals surface area contributed by atoms with Crippen LogP contribution < -0.4 is 0 Å². The van der Waals surface area contributed by atoms with Crippen LogP contribution in [-0.4, -0.2) is 9.38 Å². The van der Waals surface area contributed by atoms with E-state index >= 15 is 0 Å². The lowest BCUT2D eigenvalue weighted by Gasteiger charge is -2.18. The minimum Gasteiger partial charge on any atom is -0.306 e. The molecule has 0 aliphatic carbocycles. The maximum absolute atomic E-state index is 4.84. The molecule has 200 valence electrons. The van der Waals surface area contributed by atoms with Crippen molar-refractivity contribution in [1.82, 2.24) is 9.38 Å². The number of benzene rings is 7. The Hall–Kier alpha value is -5.73. The quantitative estimate of drug-likeness (QED) is 0.201. The van der Waals surface area contributed by atoms with E-state index < -0.39 is 0 Å². The second kappa shape index (κ2) is 9.40. The summed E-state index contributed by atoms with van der Waals surface area (Å²) in [5.74, 6) is 0. The fourth-order valence-corrected chi connectivity index (χ4v) is 6.68. The third-order valence-electron chi connectivity index (χ3n) is 8.80. The summed E-state index contributed by atoms with van der Waals surface area (Å²) in [4.78, 5) is 4.84. The van der Waals surface area contributed by atoms with E-state index in [9.17, 15) is 0 Å². The van der Waals surface area contributed by atoms with Gasteiger partial charge in [-0.2, -0.15) is 0 Å². The van der Waals surface area contributed by atoms with Gasteiger partial charge in [0, 0.05) is 18.0 Å². The summed E-state index contributed by atoms with van der Waals surface area (Å²) in [6.07, 6.45) is 4.14. The molecule has 43 heavy (non-hydrogen) atoms. The SMILES string of the molecule is c1ccc(-c2ccc(-c3cc(-c4ccc(-c5cn6ccccc6n5)cc4)c4ccc5cccc6ccc3c4c65)cc2)cc1. The van der Waals surface area contributed by atoms with Gasteiger partial charge < -0.3 is 4.40 Å². The van der Waals surface area contributed by atoms with Gasteiger partial charge in [0.05, 0.1) is 5.69 Å². The Balaban J connectivity index is 1.24. The fourth-order valence-electron chi connectivity index (χ4n) is 6.68. The zero-order valence-corrected chi connectivity index (χ0v) is 23.4. The van der Waals surface area contributed by atoms with Gasteiger partial charge in [-0.15, -0.1) is 0 Å². The normalized spacial score (nSPS) is 11.7. The zero-order chi connectivity index (χ0) is 28.3. The van der Waals surface area contributed by atoms with Crippen molar-refractivity contribution in [2.75, 3.05) is 0 Å². The number of hydrogen-bond donors (Lipinski definition) is 0. The predicted octanol–water partition coefficient (Wildman–Crippen LogP) is 10.9. The monoisotopic (exact) mass is 546 g/mol. The van der Waals surface area contributed by atoms with E-state index in [4.69, 9.17) is 4.98 Å². The first-order chi connectivity index (χ1) is 21.3. The molecular formula is C41H26N2. The molecule has 0 fully saturated rings. The van der Waals surface area contributed by atoms with Crippen molar-refractivity contribution < 1.29 is 0 Å². The molecule has 0 spiro atoms. The summed E-state index contributed by atoms with van der Waals surface area (Å²) in [5, 5.41) is 7.80. The first kappa shape index (κ1) is 23.9. The van der Waals surface area contributed by atoms with E-state index in [0.29, 0.717) is 0 Å². The van der Waals surface area contributed by atoms with Crippen molar-refractivity contribution in [3.05, 3.63) is 158 Å². The minimum absolute atomic E-state index is 0.955. The highest BCUT2D eigenvalue weighted by Gasteiger charge is 2.17. The number of rotatable bonds is 4. The molecule has 2 nitrogen and oxygen atoms in total. The Morgan fingerprint density at radius 2 is 1.00 bits per heavy atom. The summed E-state index contributed by atoms with van der Waals surface area (Å²) in [6.45, 7) is 0. The van der Waals surface area contributed by atoms with Crippen molar-refractivity contribution in [2.45, 2.75) is 0 Å². The molecule has 0 amide bonds. The second-order valence-electron chi connectivity index (χ2n) is 11.3. The molecule has 9 rings (SSSR count). The van der Waals surface area contributed by atoms with Crippen LogP contribution in [0.1, 0.15) is 0 Å². The molecule has 0 aliphatic rings. The van der Waals surface area contributed by atoms with Gasteiger partial charge >= 0.3 is 0 Å². The summed E-state index contributed by atoms with van der Waals surface area (Å²) < 4.78 is 2.07. The summed E-state index contributed by atoms with van der Waals surface area (Å²) in [6, 6.07) is 52.7. The van der Waals surface area contributed by atoms with Gasteiger partial charge in [-0.25, -0.2) is 4.98 Å².